The molecule has 0 saturated heterocycles. The molecule has 0 spiro atoms. The van der Waals surface area contributed by atoms with Crippen LogP contribution in [0, 0.1) is 5.92 Å². The first-order valence-electron chi connectivity index (χ1n) is 16.9. The molecule has 2 aromatic carbocycles. The van der Waals surface area contributed by atoms with Gasteiger partial charge >= 0.3 is 0 Å². The summed E-state index contributed by atoms with van der Waals surface area (Å²) < 4.78 is 5.82. The maximum absolute atomic E-state index is 12.9. The molecule has 2 rings (SSSR count). The molecule has 248 valence electrons. The molecular formula is C37H56N4O4. The quantitative estimate of drug-likeness (QED) is 0.0640. The minimum Gasteiger partial charge on any atom is -0.494 e. The zero-order valence-electron chi connectivity index (χ0n) is 27.8. The number of nitrogens with zero attached hydrogens (tertiary/aromatic N) is 1. The van der Waals surface area contributed by atoms with Crippen molar-refractivity contribution in [3.05, 3.63) is 66.2 Å². The van der Waals surface area contributed by atoms with Crippen LogP contribution < -0.4 is 20.8 Å². The zero-order chi connectivity index (χ0) is 32.5. The van der Waals surface area contributed by atoms with Crippen LogP contribution in [-0.4, -0.2) is 49.0 Å². The third kappa shape index (κ3) is 18.6. The van der Waals surface area contributed by atoms with Crippen molar-refractivity contribution in [3.8, 4) is 5.75 Å². The Labute approximate surface area is 271 Å². The monoisotopic (exact) mass is 620 g/mol. The summed E-state index contributed by atoms with van der Waals surface area (Å²) in [5.41, 5.74) is 4.80. The summed E-state index contributed by atoms with van der Waals surface area (Å²) >= 11 is 0. The Morgan fingerprint density at radius 3 is 2.09 bits per heavy atom. The summed E-state index contributed by atoms with van der Waals surface area (Å²) in [6, 6.07) is 16.9. The second-order valence-corrected chi connectivity index (χ2v) is 12.0. The first-order chi connectivity index (χ1) is 21.9. The minimum absolute atomic E-state index is 0.0763. The number of rotatable bonds is 24. The predicted molar refractivity (Wildman–Crippen MR) is 185 cm³/mol. The molecule has 45 heavy (non-hydrogen) atoms. The molecule has 0 aliphatic rings. The first kappa shape index (κ1) is 37.4. The van der Waals surface area contributed by atoms with Crippen LogP contribution in [0.25, 0.3) is 6.08 Å². The molecule has 0 heterocycles. The average molecular weight is 621 g/mol. The van der Waals surface area contributed by atoms with Gasteiger partial charge in [-0.3, -0.25) is 24.8 Å². The number of hydrazine groups is 1. The summed E-state index contributed by atoms with van der Waals surface area (Å²) in [7, 11) is 0. The number of ether oxygens (including phenoxy) is 1. The van der Waals surface area contributed by atoms with Crippen LogP contribution >= 0.6 is 0 Å². The summed E-state index contributed by atoms with van der Waals surface area (Å²) in [5.74, 6) is 0.435. The molecule has 3 N–H and O–H groups in total. The van der Waals surface area contributed by atoms with Gasteiger partial charge in [-0.2, -0.15) is 0 Å². The zero-order valence-corrected chi connectivity index (χ0v) is 27.8. The highest BCUT2D eigenvalue weighted by atomic mass is 16.5. The number of benzene rings is 2. The summed E-state index contributed by atoms with van der Waals surface area (Å²) in [6.45, 7) is 7.87. The van der Waals surface area contributed by atoms with Crippen molar-refractivity contribution in [1.82, 2.24) is 15.6 Å². The van der Waals surface area contributed by atoms with Gasteiger partial charge in [-0.25, -0.2) is 0 Å². The molecule has 0 saturated carbocycles. The van der Waals surface area contributed by atoms with E-state index in [1.54, 1.807) is 6.08 Å². The van der Waals surface area contributed by atoms with Crippen LogP contribution in [0.2, 0.25) is 0 Å². The molecule has 0 radical (unpaired) electrons. The van der Waals surface area contributed by atoms with Crippen molar-refractivity contribution < 1.29 is 19.1 Å². The third-order valence-corrected chi connectivity index (χ3v) is 7.28. The first-order valence-corrected chi connectivity index (χ1v) is 16.9. The van der Waals surface area contributed by atoms with Crippen molar-refractivity contribution >= 4 is 29.5 Å². The maximum Gasteiger partial charge on any atom is 0.260 e. The van der Waals surface area contributed by atoms with Crippen LogP contribution in [0.15, 0.2) is 60.7 Å². The molecule has 0 bridgehead atoms. The van der Waals surface area contributed by atoms with E-state index < -0.39 is 0 Å². The minimum atomic E-state index is -0.329. The highest BCUT2D eigenvalue weighted by molar-refractivity contribution is 5.94. The van der Waals surface area contributed by atoms with Gasteiger partial charge in [0.2, 0.25) is 11.8 Å². The van der Waals surface area contributed by atoms with Gasteiger partial charge in [-0.1, -0.05) is 109 Å². The molecule has 0 aromatic heterocycles. The van der Waals surface area contributed by atoms with E-state index in [1.165, 1.54) is 68.9 Å². The summed E-state index contributed by atoms with van der Waals surface area (Å²) in [4.78, 5) is 37.2. The van der Waals surface area contributed by atoms with Gasteiger partial charge in [0.05, 0.1) is 18.8 Å². The normalized spacial score (nSPS) is 11.0. The van der Waals surface area contributed by atoms with Crippen molar-refractivity contribution in [2.45, 2.75) is 97.8 Å². The molecule has 2 aromatic rings. The van der Waals surface area contributed by atoms with Gasteiger partial charge < -0.3 is 15.4 Å². The number of anilines is 1. The maximum atomic E-state index is 12.9. The average Bonchev–Trinajstić information content (AvgIpc) is 3.04. The van der Waals surface area contributed by atoms with Gasteiger partial charge in [0.15, 0.2) is 0 Å². The van der Waals surface area contributed by atoms with Crippen LogP contribution in [0.3, 0.4) is 0 Å². The molecule has 8 heteroatoms. The highest BCUT2D eigenvalue weighted by Gasteiger charge is 2.16. The smallest absolute Gasteiger partial charge is 0.260 e. The number of carbonyl (C=O) groups is 3. The third-order valence-electron chi connectivity index (χ3n) is 7.28. The Morgan fingerprint density at radius 1 is 0.800 bits per heavy atom. The Bertz CT molecular complexity index is 1120. The van der Waals surface area contributed by atoms with E-state index in [2.05, 4.69) is 23.0 Å². The second kappa shape index (κ2) is 23.6. The Kier molecular flexibility index (Phi) is 19.6. The second-order valence-electron chi connectivity index (χ2n) is 12.0. The van der Waals surface area contributed by atoms with E-state index in [1.807, 2.05) is 68.4 Å². The standard InChI is InChI=1S/C37H56N4O4/c1-4-5-6-7-8-9-10-11-12-16-27-38-35(42)20-17-28-45-34-24-22-33(23-25-34)40-41(30-31(2)3)37(44)29-39-36(43)26-21-32-18-14-13-15-19-32/h13-15,18-19,21-26,31,40H,4-12,16-17,20,27-30H2,1-3H3,(H,38,42)(H,39,43)/b26-21+. The molecule has 0 atom stereocenters. The molecule has 0 aliphatic heterocycles. The highest BCUT2D eigenvalue weighted by Crippen LogP contribution is 2.17. The van der Waals surface area contributed by atoms with Gasteiger partial charge in [0, 0.05) is 25.6 Å². The van der Waals surface area contributed by atoms with Gasteiger partial charge in [0.25, 0.3) is 5.91 Å². The van der Waals surface area contributed by atoms with Gasteiger partial charge in [0.1, 0.15) is 5.75 Å². The fourth-order valence-corrected chi connectivity index (χ4v) is 4.76. The fraction of sp³-hybridized carbons (Fsp3) is 0.541. The van der Waals surface area contributed by atoms with Crippen LogP contribution in [0.1, 0.15) is 103 Å². The lowest BCUT2D eigenvalue weighted by Crippen LogP contribution is -2.44. The Balaban J connectivity index is 1.61. The lowest BCUT2D eigenvalue weighted by molar-refractivity contribution is -0.131. The van der Waals surface area contributed by atoms with E-state index in [0.717, 1.165) is 24.2 Å². The Hall–Kier alpha value is -3.81. The lowest BCUT2D eigenvalue weighted by Gasteiger charge is -2.26. The van der Waals surface area contributed by atoms with E-state index in [-0.39, 0.29) is 30.2 Å². The van der Waals surface area contributed by atoms with Crippen molar-refractivity contribution in [2.75, 3.05) is 31.7 Å². The van der Waals surface area contributed by atoms with Crippen molar-refractivity contribution in [3.63, 3.8) is 0 Å². The number of amides is 3. The number of carbonyl (C=O) groups excluding carboxylic acids is 3. The number of unbranched alkanes of at least 4 members (excludes halogenated alkanes) is 9. The molecule has 3 amide bonds. The molecule has 0 unspecified atom stereocenters. The lowest BCUT2D eigenvalue weighted by atomic mass is 10.1. The molecule has 0 aliphatic carbocycles. The van der Waals surface area contributed by atoms with Crippen LogP contribution in [-0.2, 0) is 14.4 Å². The van der Waals surface area contributed by atoms with E-state index in [4.69, 9.17) is 4.74 Å². The summed E-state index contributed by atoms with van der Waals surface area (Å²) in [6.07, 6.45) is 17.1. The number of hydrogen-bond donors (Lipinski definition) is 3. The van der Waals surface area contributed by atoms with Crippen molar-refractivity contribution in [2.24, 2.45) is 5.92 Å². The fourth-order valence-electron chi connectivity index (χ4n) is 4.76. The van der Waals surface area contributed by atoms with Crippen LogP contribution in [0.4, 0.5) is 5.69 Å². The SMILES string of the molecule is CCCCCCCCCCCCNC(=O)CCCOc1ccc(NN(CC(C)C)C(=O)CNC(=O)/C=C/c2ccccc2)cc1. The van der Waals surface area contributed by atoms with E-state index in [0.29, 0.717) is 31.7 Å². The van der Waals surface area contributed by atoms with Gasteiger partial charge in [-0.15, -0.1) is 0 Å². The topological polar surface area (TPSA) is 99.8 Å². The molecule has 0 fully saturated rings. The predicted octanol–water partition coefficient (Wildman–Crippen LogP) is 7.52. The largest absolute Gasteiger partial charge is 0.494 e. The van der Waals surface area contributed by atoms with Crippen molar-refractivity contribution in [1.29, 1.82) is 0 Å². The molecular weight excluding hydrogens is 564 g/mol. The molecule has 8 nitrogen and oxygen atoms in total. The summed E-state index contributed by atoms with van der Waals surface area (Å²) in [5, 5.41) is 7.21. The Morgan fingerprint density at radius 2 is 1.44 bits per heavy atom. The van der Waals surface area contributed by atoms with E-state index in [9.17, 15) is 14.4 Å². The van der Waals surface area contributed by atoms with Crippen LogP contribution in [0.5, 0.6) is 5.75 Å². The van der Waals surface area contributed by atoms with E-state index >= 15 is 0 Å². The van der Waals surface area contributed by atoms with Gasteiger partial charge in [-0.05, 0) is 54.7 Å². The number of hydrogen-bond acceptors (Lipinski definition) is 5. The number of nitrogens with one attached hydrogen (secondary N) is 3.